The molecule has 0 aliphatic carbocycles. The van der Waals surface area contributed by atoms with Gasteiger partial charge in [0.2, 0.25) is 0 Å². The molecule has 0 unspecified atom stereocenters. The zero-order valence-corrected chi connectivity index (χ0v) is 13.5. The van der Waals surface area contributed by atoms with Gasteiger partial charge in [0.1, 0.15) is 0 Å². The first-order valence-corrected chi connectivity index (χ1v) is 8.28. The average Bonchev–Trinajstić information content (AvgIpc) is 2.73. The summed E-state index contributed by atoms with van der Waals surface area (Å²) in [7, 11) is 1.41. The van der Waals surface area contributed by atoms with E-state index < -0.39 is 0 Å². The van der Waals surface area contributed by atoms with E-state index in [1.165, 1.54) is 7.11 Å². The van der Waals surface area contributed by atoms with Gasteiger partial charge in [0.25, 0.3) is 0 Å². The van der Waals surface area contributed by atoms with Crippen molar-refractivity contribution < 1.29 is 9.53 Å². The first-order chi connectivity index (χ1) is 8.61. The van der Waals surface area contributed by atoms with Gasteiger partial charge in [-0.05, 0) is 24.3 Å². The van der Waals surface area contributed by atoms with Gasteiger partial charge in [-0.3, -0.25) is 0 Å². The van der Waals surface area contributed by atoms with Gasteiger partial charge in [0, 0.05) is 20.6 Å². The molecule has 6 heteroatoms. The fraction of sp³-hybridized carbons (Fsp3) is 0.250. The Kier molecular flexibility index (Phi) is 5.06. The van der Waals surface area contributed by atoms with E-state index in [2.05, 4.69) is 15.9 Å². The molecule has 18 heavy (non-hydrogen) atoms. The van der Waals surface area contributed by atoms with Crippen molar-refractivity contribution in [2.45, 2.75) is 9.05 Å². The number of esters is 1. The molecule has 0 fully saturated rings. The molecular formula is C12H10BrClO2S2. The predicted octanol–water partition coefficient (Wildman–Crippen LogP) is 4.33. The summed E-state index contributed by atoms with van der Waals surface area (Å²) in [5.74, 6) is 0.430. The summed E-state index contributed by atoms with van der Waals surface area (Å²) in [6.07, 6.45) is 0. The Balaban J connectivity index is 2.24. The van der Waals surface area contributed by atoms with Gasteiger partial charge >= 0.3 is 5.97 Å². The van der Waals surface area contributed by atoms with Crippen molar-refractivity contribution in [3.8, 4) is 0 Å². The van der Waals surface area contributed by atoms with Crippen LogP contribution in [0.1, 0.15) is 0 Å². The third kappa shape index (κ3) is 3.26. The number of rotatable bonds is 3. The zero-order valence-electron chi connectivity index (χ0n) is 9.48. The molecule has 0 amide bonds. The number of alkyl halides is 1. The van der Waals surface area contributed by atoms with E-state index in [4.69, 9.17) is 16.3 Å². The summed E-state index contributed by atoms with van der Waals surface area (Å²) in [4.78, 5) is 13.7. The Bertz CT molecular complexity index is 487. The number of halogens is 2. The van der Waals surface area contributed by atoms with Crippen molar-refractivity contribution in [3.05, 3.63) is 39.8 Å². The van der Waals surface area contributed by atoms with Crippen LogP contribution in [0.4, 0.5) is 0 Å². The molecule has 0 radical (unpaired) electrons. The Labute approximate surface area is 128 Å². The van der Waals surface area contributed by atoms with Crippen LogP contribution in [-0.4, -0.2) is 23.0 Å². The molecule has 0 spiro atoms. The monoisotopic (exact) mass is 364 g/mol. The van der Waals surface area contributed by atoms with Crippen molar-refractivity contribution in [2.75, 3.05) is 12.9 Å². The Morgan fingerprint density at radius 3 is 2.78 bits per heavy atom. The second-order valence-corrected chi connectivity index (χ2v) is 7.68. The molecule has 0 saturated carbocycles. The molecule has 2 nitrogen and oxygen atoms in total. The van der Waals surface area contributed by atoms with E-state index in [-0.39, 0.29) is 10.1 Å². The van der Waals surface area contributed by atoms with Crippen LogP contribution in [0.3, 0.4) is 0 Å². The smallest absolute Gasteiger partial charge is 0.335 e. The SMILES string of the molecule is COC(=O)C1=C(Sc2ccc(Cl)cc2)[C@H](Br)SC1. The lowest BCUT2D eigenvalue weighted by molar-refractivity contribution is -0.135. The highest BCUT2D eigenvalue weighted by Gasteiger charge is 2.29. The van der Waals surface area contributed by atoms with Crippen LogP contribution in [-0.2, 0) is 9.53 Å². The molecule has 0 bridgehead atoms. The molecule has 2 rings (SSSR count). The van der Waals surface area contributed by atoms with Crippen LogP contribution < -0.4 is 0 Å². The number of hydrogen-bond acceptors (Lipinski definition) is 4. The highest BCUT2D eigenvalue weighted by molar-refractivity contribution is 9.11. The van der Waals surface area contributed by atoms with Crippen molar-refractivity contribution in [1.82, 2.24) is 0 Å². The minimum Gasteiger partial charge on any atom is -0.466 e. The number of carbonyl (C=O) groups is 1. The first-order valence-electron chi connectivity index (χ1n) is 5.12. The molecule has 1 aliphatic rings. The highest BCUT2D eigenvalue weighted by Crippen LogP contribution is 2.45. The molecule has 96 valence electrons. The van der Waals surface area contributed by atoms with E-state index >= 15 is 0 Å². The van der Waals surface area contributed by atoms with E-state index in [0.29, 0.717) is 10.8 Å². The maximum Gasteiger partial charge on any atom is 0.335 e. The molecule has 1 aromatic rings. The Hall–Kier alpha value is -0.100. The molecule has 0 aromatic heterocycles. The summed E-state index contributed by atoms with van der Waals surface area (Å²) < 4.78 is 4.95. The van der Waals surface area contributed by atoms with Gasteiger partial charge in [-0.2, -0.15) is 0 Å². The number of ether oxygens (including phenoxy) is 1. The van der Waals surface area contributed by atoms with Gasteiger partial charge < -0.3 is 4.74 Å². The van der Waals surface area contributed by atoms with Crippen LogP contribution in [0.2, 0.25) is 5.02 Å². The number of carbonyl (C=O) groups excluding carboxylic acids is 1. The Morgan fingerprint density at radius 1 is 1.50 bits per heavy atom. The quantitative estimate of drug-likeness (QED) is 0.588. The lowest BCUT2D eigenvalue weighted by Crippen LogP contribution is -2.06. The van der Waals surface area contributed by atoms with Crippen LogP contribution >= 0.6 is 51.1 Å². The molecule has 1 heterocycles. The van der Waals surface area contributed by atoms with Crippen molar-refractivity contribution in [1.29, 1.82) is 0 Å². The standard InChI is InChI=1S/C12H10BrClO2S2/c1-16-12(15)9-6-17-11(13)10(9)18-8-4-2-7(14)3-5-8/h2-5,11H,6H2,1H3/t11-/m1/s1. The lowest BCUT2D eigenvalue weighted by Gasteiger charge is -2.08. The topological polar surface area (TPSA) is 26.3 Å². The molecule has 0 saturated heterocycles. The second-order valence-electron chi connectivity index (χ2n) is 3.52. The highest BCUT2D eigenvalue weighted by atomic mass is 79.9. The largest absolute Gasteiger partial charge is 0.466 e. The van der Waals surface area contributed by atoms with E-state index in [1.54, 1.807) is 23.5 Å². The fourth-order valence-electron chi connectivity index (χ4n) is 1.46. The van der Waals surface area contributed by atoms with Crippen LogP contribution in [0.25, 0.3) is 0 Å². The number of benzene rings is 1. The number of thioether (sulfide) groups is 2. The lowest BCUT2D eigenvalue weighted by atomic mass is 10.3. The fourth-order valence-corrected chi connectivity index (χ4v) is 4.76. The predicted molar refractivity (Wildman–Crippen MR) is 81.5 cm³/mol. The normalized spacial score (nSPS) is 19.2. The minimum atomic E-state index is -0.249. The van der Waals surface area contributed by atoms with Crippen LogP contribution in [0.15, 0.2) is 39.6 Å². The summed E-state index contributed by atoms with van der Waals surface area (Å²) in [5.41, 5.74) is 0.740. The third-order valence-corrected chi connectivity index (χ3v) is 6.50. The minimum absolute atomic E-state index is 0.146. The molecular weight excluding hydrogens is 356 g/mol. The van der Waals surface area contributed by atoms with Crippen LogP contribution in [0.5, 0.6) is 0 Å². The van der Waals surface area contributed by atoms with Crippen molar-refractivity contribution >= 4 is 57.0 Å². The van der Waals surface area contributed by atoms with Gasteiger partial charge in [-0.1, -0.05) is 39.3 Å². The average molecular weight is 366 g/mol. The summed E-state index contributed by atoms with van der Waals surface area (Å²) in [6, 6.07) is 7.57. The maximum atomic E-state index is 11.7. The summed E-state index contributed by atoms with van der Waals surface area (Å²) in [5, 5.41) is 0.706. The first kappa shape index (κ1) is 14.3. The molecule has 1 atom stereocenters. The van der Waals surface area contributed by atoms with E-state index in [1.807, 2.05) is 24.3 Å². The van der Waals surface area contributed by atoms with Gasteiger partial charge in [0.15, 0.2) is 0 Å². The molecule has 1 aromatic carbocycles. The summed E-state index contributed by atoms with van der Waals surface area (Å²) in [6.45, 7) is 0. The number of hydrogen-bond donors (Lipinski definition) is 0. The van der Waals surface area contributed by atoms with Gasteiger partial charge in [0.05, 0.1) is 16.8 Å². The van der Waals surface area contributed by atoms with Crippen molar-refractivity contribution in [2.24, 2.45) is 0 Å². The van der Waals surface area contributed by atoms with Gasteiger partial charge in [-0.25, -0.2) is 4.79 Å². The third-order valence-electron chi connectivity index (χ3n) is 2.35. The maximum absolute atomic E-state index is 11.7. The zero-order chi connectivity index (χ0) is 13.1. The van der Waals surface area contributed by atoms with Gasteiger partial charge in [-0.15, -0.1) is 11.8 Å². The Morgan fingerprint density at radius 2 is 2.17 bits per heavy atom. The number of methoxy groups -OCH3 is 1. The summed E-state index contributed by atoms with van der Waals surface area (Å²) >= 11 is 12.7. The molecule has 0 N–H and O–H groups in total. The van der Waals surface area contributed by atoms with E-state index in [0.717, 1.165) is 15.4 Å². The van der Waals surface area contributed by atoms with Crippen molar-refractivity contribution in [3.63, 3.8) is 0 Å². The molecule has 1 aliphatic heterocycles. The van der Waals surface area contributed by atoms with Crippen LogP contribution in [0, 0.1) is 0 Å². The van der Waals surface area contributed by atoms with E-state index in [9.17, 15) is 4.79 Å². The second kappa shape index (κ2) is 6.37.